The first-order valence-electron chi connectivity index (χ1n) is 11.6. The van der Waals surface area contributed by atoms with Crippen molar-refractivity contribution < 1.29 is 18.7 Å². The highest BCUT2D eigenvalue weighted by molar-refractivity contribution is 7.81. The fourth-order valence-electron chi connectivity index (χ4n) is 4.28. The van der Waals surface area contributed by atoms with Crippen molar-refractivity contribution in [3.05, 3.63) is 59.2 Å². The van der Waals surface area contributed by atoms with Gasteiger partial charge in [-0.2, -0.15) is 17.7 Å². The van der Waals surface area contributed by atoms with Crippen molar-refractivity contribution in [2.24, 2.45) is 5.92 Å². The van der Waals surface area contributed by atoms with Crippen LogP contribution in [-0.4, -0.2) is 51.4 Å². The maximum absolute atomic E-state index is 14.7. The molecule has 0 amide bonds. The van der Waals surface area contributed by atoms with E-state index in [0.717, 1.165) is 30.5 Å². The first-order valence-corrected chi connectivity index (χ1v) is 12.1. The Morgan fingerprint density at radius 2 is 2.06 bits per heavy atom. The van der Waals surface area contributed by atoms with Gasteiger partial charge in [-0.3, -0.25) is 19.2 Å². The summed E-state index contributed by atoms with van der Waals surface area (Å²) in [4.78, 5) is 26.8. The number of aromatic nitrogens is 2. The number of hydrogen-bond donors (Lipinski definition) is 1. The first kappa shape index (κ1) is 23.7. The summed E-state index contributed by atoms with van der Waals surface area (Å²) in [7, 11) is 0. The van der Waals surface area contributed by atoms with Crippen LogP contribution in [0.2, 0.25) is 0 Å². The van der Waals surface area contributed by atoms with Gasteiger partial charge in [0.05, 0.1) is 31.3 Å². The molecule has 1 aromatic heterocycles. The van der Waals surface area contributed by atoms with Crippen LogP contribution in [0.3, 0.4) is 0 Å². The molecule has 2 heterocycles. The van der Waals surface area contributed by atoms with Crippen LogP contribution >= 0.6 is 12.6 Å². The molecule has 33 heavy (non-hydrogen) atoms. The summed E-state index contributed by atoms with van der Waals surface area (Å²) in [6.45, 7) is 3.81. The van der Waals surface area contributed by atoms with Crippen LogP contribution in [0.25, 0.3) is 6.08 Å². The third-order valence-electron chi connectivity index (χ3n) is 6.16. The highest BCUT2D eigenvalue weighted by Gasteiger charge is 2.40. The number of carbonyl (C=O) groups is 2. The van der Waals surface area contributed by atoms with Gasteiger partial charge < -0.3 is 4.74 Å². The van der Waals surface area contributed by atoms with E-state index in [9.17, 15) is 14.0 Å². The summed E-state index contributed by atoms with van der Waals surface area (Å²) in [5.74, 6) is -0.438. The summed E-state index contributed by atoms with van der Waals surface area (Å²) < 4.78 is 21.4. The third-order valence-corrected chi connectivity index (χ3v) is 6.75. The van der Waals surface area contributed by atoms with Gasteiger partial charge in [0.15, 0.2) is 5.78 Å². The van der Waals surface area contributed by atoms with Crippen molar-refractivity contribution in [3.8, 4) is 0 Å². The number of rotatable bonds is 9. The molecule has 4 rings (SSSR count). The number of ketones is 1. The highest BCUT2D eigenvalue weighted by Crippen LogP contribution is 2.39. The number of hydrogen-bond acceptors (Lipinski definition) is 6. The number of benzene rings is 1. The van der Waals surface area contributed by atoms with Gasteiger partial charge in [0, 0.05) is 36.0 Å². The number of ether oxygens (including phenoxy) is 1. The molecule has 8 heteroatoms. The SMILES string of the molecule is CCOC(=O)CCn1ccc(C=C2CN(C(C(=O)C3CC3)c3ccccc3F)CC[C@H]2S)n1. The molecule has 176 valence electrons. The Bertz CT molecular complexity index is 1030. The summed E-state index contributed by atoms with van der Waals surface area (Å²) in [6.07, 6.45) is 6.63. The predicted octanol–water partition coefficient (Wildman–Crippen LogP) is 4.08. The van der Waals surface area contributed by atoms with Gasteiger partial charge in [-0.25, -0.2) is 4.39 Å². The van der Waals surface area contributed by atoms with E-state index in [0.29, 0.717) is 31.8 Å². The maximum Gasteiger partial charge on any atom is 0.307 e. The van der Waals surface area contributed by atoms with E-state index in [4.69, 9.17) is 17.4 Å². The quantitative estimate of drug-likeness (QED) is 0.441. The zero-order chi connectivity index (χ0) is 23.4. The molecule has 1 aliphatic heterocycles. The monoisotopic (exact) mass is 471 g/mol. The van der Waals surface area contributed by atoms with Crippen LogP contribution in [0.1, 0.15) is 49.9 Å². The number of thiol groups is 1. The highest BCUT2D eigenvalue weighted by atomic mass is 32.1. The number of nitrogens with zero attached hydrogens (tertiary/aromatic N) is 3. The van der Waals surface area contributed by atoms with E-state index in [1.54, 1.807) is 29.8 Å². The Hall–Kier alpha value is -2.45. The topological polar surface area (TPSA) is 64.4 Å². The van der Waals surface area contributed by atoms with Crippen LogP contribution < -0.4 is 0 Å². The second-order valence-corrected chi connectivity index (χ2v) is 9.28. The average Bonchev–Trinajstić information content (AvgIpc) is 3.56. The molecule has 1 aliphatic carbocycles. The standard InChI is InChI=1S/C25H30FN3O3S/c1-2-32-23(30)11-14-29-13-9-19(27-29)15-18-16-28(12-10-22(18)33)24(25(31)17-7-8-17)20-5-3-4-6-21(20)26/h3-6,9,13,15,17,22,24,33H,2,7-8,10-12,14,16H2,1H3/t22-,24?/m1/s1. The average molecular weight is 472 g/mol. The van der Waals surface area contributed by atoms with E-state index in [1.165, 1.54) is 6.07 Å². The normalized spacial score (nSPS) is 21.2. The van der Waals surface area contributed by atoms with Gasteiger partial charge in [-0.1, -0.05) is 18.2 Å². The summed E-state index contributed by atoms with van der Waals surface area (Å²) >= 11 is 4.76. The Labute approximate surface area is 199 Å². The second-order valence-electron chi connectivity index (χ2n) is 8.65. The molecule has 1 saturated heterocycles. The van der Waals surface area contributed by atoms with Gasteiger partial charge in [-0.15, -0.1) is 0 Å². The van der Waals surface area contributed by atoms with Crippen molar-refractivity contribution in [3.63, 3.8) is 0 Å². The first-order chi connectivity index (χ1) is 16.0. The zero-order valence-electron chi connectivity index (χ0n) is 18.8. The lowest BCUT2D eigenvalue weighted by atomic mass is 9.93. The molecule has 0 radical (unpaired) electrons. The fourth-order valence-corrected chi connectivity index (χ4v) is 4.55. The Balaban J connectivity index is 1.51. The van der Waals surface area contributed by atoms with Crippen LogP contribution in [-0.2, 0) is 20.9 Å². The van der Waals surface area contributed by atoms with Crippen molar-refractivity contribution in [2.45, 2.75) is 50.4 Å². The molecule has 2 atom stereocenters. The van der Waals surface area contributed by atoms with E-state index in [-0.39, 0.29) is 35.2 Å². The predicted molar refractivity (Wildman–Crippen MR) is 127 cm³/mol. The molecule has 1 aromatic carbocycles. The second kappa shape index (κ2) is 10.7. The van der Waals surface area contributed by atoms with Crippen molar-refractivity contribution in [1.82, 2.24) is 14.7 Å². The molecule has 1 unspecified atom stereocenters. The molecule has 2 fully saturated rings. The Kier molecular flexibility index (Phi) is 7.65. The maximum atomic E-state index is 14.7. The Morgan fingerprint density at radius 3 is 2.79 bits per heavy atom. The minimum atomic E-state index is -0.579. The van der Waals surface area contributed by atoms with Gasteiger partial charge in [-0.05, 0) is 50.0 Å². The lowest BCUT2D eigenvalue weighted by Gasteiger charge is -2.37. The molecular weight excluding hydrogens is 441 g/mol. The fraction of sp³-hybridized carbons (Fsp3) is 0.480. The van der Waals surface area contributed by atoms with E-state index in [1.807, 2.05) is 18.3 Å². The van der Waals surface area contributed by atoms with E-state index in [2.05, 4.69) is 10.00 Å². The van der Waals surface area contributed by atoms with E-state index >= 15 is 0 Å². The number of esters is 1. The minimum absolute atomic E-state index is 0.0332. The van der Waals surface area contributed by atoms with Gasteiger partial charge in [0.1, 0.15) is 5.82 Å². The number of likely N-dealkylation sites (tertiary alicyclic amines) is 1. The van der Waals surface area contributed by atoms with Crippen molar-refractivity contribution >= 4 is 30.5 Å². The van der Waals surface area contributed by atoms with Crippen LogP contribution in [0, 0.1) is 11.7 Å². The van der Waals surface area contributed by atoms with Crippen molar-refractivity contribution in [1.29, 1.82) is 0 Å². The third kappa shape index (κ3) is 5.92. The number of piperidine rings is 1. The summed E-state index contributed by atoms with van der Waals surface area (Å²) in [5.41, 5.74) is 2.27. The largest absolute Gasteiger partial charge is 0.466 e. The van der Waals surface area contributed by atoms with Crippen LogP contribution in [0.15, 0.2) is 42.1 Å². The number of Topliss-reactive ketones (excluding diaryl/α,β-unsaturated/α-hetero) is 1. The van der Waals surface area contributed by atoms with Gasteiger partial charge >= 0.3 is 5.97 Å². The summed E-state index contributed by atoms with van der Waals surface area (Å²) in [5, 5.41) is 4.58. The minimum Gasteiger partial charge on any atom is -0.466 e. The lowest BCUT2D eigenvalue weighted by molar-refractivity contribution is -0.143. The zero-order valence-corrected chi connectivity index (χ0v) is 19.7. The molecular formula is C25H30FN3O3S. The molecule has 2 aliphatic rings. The molecule has 6 nitrogen and oxygen atoms in total. The molecule has 0 spiro atoms. The molecule has 0 N–H and O–H groups in total. The lowest BCUT2D eigenvalue weighted by Crippen LogP contribution is -2.42. The van der Waals surface area contributed by atoms with E-state index < -0.39 is 6.04 Å². The van der Waals surface area contributed by atoms with Crippen LogP contribution in [0.5, 0.6) is 0 Å². The molecule has 0 bridgehead atoms. The van der Waals surface area contributed by atoms with Crippen LogP contribution in [0.4, 0.5) is 4.39 Å². The van der Waals surface area contributed by atoms with Gasteiger partial charge in [0.2, 0.25) is 0 Å². The summed E-state index contributed by atoms with van der Waals surface area (Å²) in [6, 6.07) is 7.90. The molecule has 2 aromatic rings. The Morgan fingerprint density at radius 1 is 1.27 bits per heavy atom. The van der Waals surface area contributed by atoms with Crippen molar-refractivity contribution in [2.75, 3.05) is 19.7 Å². The number of aryl methyl sites for hydroxylation is 1. The smallest absolute Gasteiger partial charge is 0.307 e. The number of halogens is 1. The molecule has 1 saturated carbocycles. The number of carbonyl (C=O) groups excluding carboxylic acids is 2. The van der Waals surface area contributed by atoms with Gasteiger partial charge in [0.25, 0.3) is 0 Å².